The monoisotopic (exact) mass is 340 g/mol. The van der Waals surface area contributed by atoms with E-state index in [2.05, 4.69) is 0 Å². The van der Waals surface area contributed by atoms with Gasteiger partial charge in [0.05, 0.1) is 19.9 Å². The molecule has 1 amide bonds. The van der Waals surface area contributed by atoms with Gasteiger partial charge in [0.1, 0.15) is 5.75 Å². The van der Waals surface area contributed by atoms with Gasteiger partial charge in [0.15, 0.2) is 0 Å². The third-order valence-corrected chi connectivity index (χ3v) is 5.51. The second kappa shape index (κ2) is 7.31. The van der Waals surface area contributed by atoms with E-state index in [0.29, 0.717) is 6.54 Å². The second-order valence-electron chi connectivity index (χ2n) is 5.95. The number of ether oxygens (including phenoxy) is 1. The summed E-state index contributed by atoms with van der Waals surface area (Å²) in [6.45, 7) is 0.592. The first kappa shape index (κ1) is 17.7. The van der Waals surface area contributed by atoms with Crippen molar-refractivity contribution in [3.05, 3.63) is 29.8 Å². The fourth-order valence-corrected chi connectivity index (χ4v) is 3.15. The molecule has 1 atom stereocenters. The maximum absolute atomic E-state index is 12.4. The molecule has 0 unspecified atom stereocenters. The fraction of sp³-hybridized carbons (Fsp3) is 0.562. The maximum Gasteiger partial charge on any atom is 0.238 e. The first-order valence-electron chi connectivity index (χ1n) is 7.65. The van der Waals surface area contributed by atoms with Crippen molar-refractivity contribution in [2.24, 2.45) is 0 Å². The number of nitrogens with zero attached hydrogens (tertiary/aromatic N) is 2. The molecule has 0 radical (unpaired) electrons. The third kappa shape index (κ3) is 4.68. The van der Waals surface area contributed by atoms with Crippen LogP contribution in [0.2, 0.25) is 0 Å². The minimum Gasteiger partial charge on any atom is -0.497 e. The zero-order valence-electron chi connectivity index (χ0n) is 13.9. The number of carbonyl (C=O) groups excluding carboxylic acids is 1. The van der Waals surface area contributed by atoms with E-state index >= 15 is 0 Å². The highest BCUT2D eigenvalue weighted by Crippen LogP contribution is 2.22. The van der Waals surface area contributed by atoms with E-state index in [1.165, 1.54) is 7.05 Å². The van der Waals surface area contributed by atoms with Gasteiger partial charge in [0.2, 0.25) is 15.9 Å². The molecule has 0 aromatic heterocycles. The summed E-state index contributed by atoms with van der Waals surface area (Å²) in [5, 5.41) is 0. The first-order chi connectivity index (χ1) is 10.8. The minimum atomic E-state index is -3.34. The van der Waals surface area contributed by atoms with Crippen LogP contribution in [0.1, 0.15) is 18.4 Å². The number of likely N-dealkylation sites (N-methyl/N-ethyl adjacent to an activating group) is 1. The van der Waals surface area contributed by atoms with Crippen LogP contribution >= 0.6 is 0 Å². The summed E-state index contributed by atoms with van der Waals surface area (Å²) in [6, 6.07) is 7.95. The van der Waals surface area contributed by atoms with E-state index in [1.807, 2.05) is 29.2 Å². The molecule has 0 bridgehead atoms. The Morgan fingerprint density at radius 1 is 1.35 bits per heavy atom. The van der Waals surface area contributed by atoms with E-state index in [0.717, 1.165) is 41.1 Å². The standard InChI is InChI=1S/C16H24N2O4S/c1-17(23(3,20)21)12-16(19)18-10-4-5-14(18)11-13-6-8-15(22-2)9-7-13/h6-9,14H,4-5,10-12H2,1-3H3/t14-/m0/s1. The molecule has 1 heterocycles. The normalized spacial score (nSPS) is 18.4. The molecule has 0 saturated carbocycles. The molecule has 0 spiro atoms. The number of rotatable bonds is 6. The van der Waals surface area contributed by atoms with Crippen molar-refractivity contribution in [1.82, 2.24) is 9.21 Å². The lowest BCUT2D eigenvalue weighted by molar-refractivity contribution is -0.132. The summed E-state index contributed by atoms with van der Waals surface area (Å²) >= 11 is 0. The van der Waals surface area contributed by atoms with Crippen LogP contribution < -0.4 is 4.74 Å². The van der Waals surface area contributed by atoms with E-state index in [4.69, 9.17) is 4.74 Å². The number of hydrogen-bond donors (Lipinski definition) is 0. The Kier molecular flexibility index (Phi) is 5.64. The van der Waals surface area contributed by atoms with Gasteiger partial charge in [-0.25, -0.2) is 8.42 Å². The van der Waals surface area contributed by atoms with Crippen LogP contribution in [0, 0.1) is 0 Å². The van der Waals surface area contributed by atoms with Crippen LogP contribution in [-0.2, 0) is 21.2 Å². The Hall–Kier alpha value is -1.60. The molecule has 1 aromatic rings. The summed E-state index contributed by atoms with van der Waals surface area (Å²) in [6.07, 6.45) is 3.78. The van der Waals surface area contributed by atoms with Crippen molar-refractivity contribution < 1.29 is 17.9 Å². The van der Waals surface area contributed by atoms with Crippen LogP contribution in [0.3, 0.4) is 0 Å². The number of methoxy groups -OCH3 is 1. The zero-order chi connectivity index (χ0) is 17.0. The highest BCUT2D eigenvalue weighted by molar-refractivity contribution is 7.88. The lowest BCUT2D eigenvalue weighted by atomic mass is 10.0. The molecule has 2 rings (SSSR count). The largest absolute Gasteiger partial charge is 0.497 e. The molecule has 1 fully saturated rings. The summed E-state index contributed by atoms with van der Waals surface area (Å²) in [5.41, 5.74) is 1.15. The van der Waals surface area contributed by atoms with Gasteiger partial charge in [-0.2, -0.15) is 4.31 Å². The Balaban J connectivity index is 2.00. The van der Waals surface area contributed by atoms with Crippen molar-refractivity contribution in [2.45, 2.75) is 25.3 Å². The molecule has 1 aliphatic rings. The molecule has 7 heteroatoms. The van der Waals surface area contributed by atoms with Crippen LogP contribution in [-0.4, -0.2) is 63.1 Å². The molecule has 6 nitrogen and oxygen atoms in total. The highest BCUT2D eigenvalue weighted by atomic mass is 32.2. The van der Waals surface area contributed by atoms with E-state index in [1.54, 1.807) is 7.11 Å². The van der Waals surface area contributed by atoms with Gasteiger partial charge in [-0.05, 0) is 37.0 Å². The number of amides is 1. The average molecular weight is 340 g/mol. The van der Waals surface area contributed by atoms with Crippen molar-refractivity contribution >= 4 is 15.9 Å². The van der Waals surface area contributed by atoms with E-state index in [9.17, 15) is 13.2 Å². The molecule has 0 N–H and O–H groups in total. The second-order valence-corrected chi connectivity index (χ2v) is 8.04. The molecular formula is C16H24N2O4S. The van der Waals surface area contributed by atoms with Gasteiger partial charge in [-0.1, -0.05) is 12.1 Å². The topological polar surface area (TPSA) is 66.9 Å². The van der Waals surface area contributed by atoms with Crippen molar-refractivity contribution in [1.29, 1.82) is 0 Å². The molecule has 1 aromatic carbocycles. The summed E-state index contributed by atoms with van der Waals surface area (Å²) < 4.78 is 29.2. The molecular weight excluding hydrogens is 316 g/mol. The summed E-state index contributed by atoms with van der Waals surface area (Å²) in [7, 11) is -0.278. The highest BCUT2D eigenvalue weighted by Gasteiger charge is 2.30. The van der Waals surface area contributed by atoms with Crippen LogP contribution in [0.5, 0.6) is 5.75 Å². The summed E-state index contributed by atoms with van der Waals surface area (Å²) in [4.78, 5) is 14.2. The molecule has 1 saturated heterocycles. The minimum absolute atomic E-state index is 0.0993. The van der Waals surface area contributed by atoms with Crippen molar-refractivity contribution in [3.63, 3.8) is 0 Å². The molecule has 128 valence electrons. The molecule has 0 aliphatic carbocycles. The number of sulfonamides is 1. The smallest absolute Gasteiger partial charge is 0.238 e. The van der Waals surface area contributed by atoms with Gasteiger partial charge >= 0.3 is 0 Å². The van der Waals surface area contributed by atoms with E-state index in [-0.39, 0.29) is 18.5 Å². The number of likely N-dealkylation sites (tertiary alicyclic amines) is 1. The molecule has 23 heavy (non-hydrogen) atoms. The lowest BCUT2D eigenvalue weighted by Gasteiger charge is -2.26. The van der Waals surface area contributed by atoms with Gasteiger partial charge in [-0.3, -0.25) is 4.79 Å². The third-order valence-electron chi connectivity index (χ3n) is 4.25. The Morgan fingerprint density at radius 2 is 2.00 bits per heavy atom. The summed E-state index contributed by atoms with van der Waals surface area (Å²) in [5.74, 6) is 0.678. The average Bonchev–Trinajstić information content (AvgIpc) is 2.95. The van der Waals surface area contributed by atoms with E-state index < -0.39 is 10.0 Å². The lowest BCUT2D eigenvalue weighted by Crippen LogP contribution is -2.43. The van der Waals surface area contributed by atoms with Gasteiger partial charge in [0.25, 0.3) is 0 Å². The zero-order valence-corrected chi connectivity index (χ0v) is 14.7. The number of hydrogen-bond acceptors (Lipinski definition) is 4. The number of benzene rings is 1. The van der Waals surface area contributed by atoms with Crippen LogP contribution in [0.25, 0.3) is 0 Å². The van der Waals surface area contributed by atoms with Gasteiger partial charge < -0.3 is 9.64 Å². The van der Waals surface area contributed by atoms with Crippen LogP contribution in [0.4, 0.5) is 0 Å². The quantitative estimate of drug-likeness (QED) is 0.778. The Labute approximate surface area is 138 Å². The van der Waals surface area contributed by atoms with Crippen LogP contribution in [0.15, 0.2) is 24.3 Å². The maximum atomic E-state index is 12.4. The van der Waals surface area contributed by atoms with Crippen molar-refractivity contribution in [3.8, 4) is 5.75 Å². The van der Waals surface area contributed by atoms with Gasteiger partial charge in [-0.15, -0.1) is 0 Å². The predicted octanol–water partition coefficient (Wildman–Crippen LogP) is 1.12. The Bertz CT molecular complexity index is 643. The van der Waals surface area contributed by atoms with Crippen molar-refractivity contribution in [2.75, 3.05) is 33.5 Å². The predicted molar refractivity (Wildman–Crippen MR) is 88.9 cm³/mol. The number of carbonyl (C=O) groups is 1. The Morgan fingerprint density at radius 3 is 2.57 bits per heavy atom. The fourth-order valence-electron chi connectivity index (χ4n) is 2.81. The van der Waals surface area contributed by atoms with Gasteiger partial charge in [0, 0.05) is 19.6 Å². The first-order valence-corrected chi connectivity index (χ1v) is 9.50. The SMILES string of the molecule is COc1ccc(C[C@@H]2CCCN2C(=O)CN(C)S(C)(=O)=O)cc1. The molecule has 1 aliphatic heterocycles.